The molecule has 0 saturated heterocycles. The first-order chi connectivity index (χ1) is 20.9. The fraction of sp³-hybridized carbons (Fsp3) is 0. The van der Waals surface area contributed by atoms with Crippen molar-refractivity contribution in [3.8, 4) is 22.3 Å². The van der Waals surface area contributed by atoms with Crippen molar-refractivity contribution in [3.63, 3.8) is 0 Å². The summed E-state index contributed by atoms with van der Waals surface area (Å²) in [5.74, 6) is 0. The third-order valence-electron chi connectivity index (χ3n) is 8.99. The number of fused-ring (bicyclic) bond motifs is 9. The number of hydrogen-bond acceptors (Lipinski definition) is 0. The van der Waals surface area contributed by atoms with Gasteiger partial charge in [0.2, 0.25) is 0 Å². The Morgan fingerprint density at radius 3 is 1.48 bits per heavy atom. The first-order valence-corrected chi connectivity index (χ1v) is 14.6. The van der Waals surface area contributed by atoms with Gasteiger partial charge in [-0.15, -0.1) is 0 Å². The number of rotatable bonds is 2. The molecular weight excluding hydrogens is 504 g/mol. The van der Waals surface area contributed by atoms with Crippen LogP contribution in [0.1, 0.15) is 0 Å². The lowest BCUT2D eigenvalue weighted by Gasteiger charge is -2.21. The van der Waals surface area contributed by atoms with E-state index in [0.29, 0.717) is 0 Å². The Morgan fingerprint density at radius 2 is 0.762 bits per heavy atom. The molecule has 0 N–H and O–H groups in total. The molecule has 0 radical (unpaired) electrons. The van der Waals surface area contributed by atoms with Gasteiger partial charge < -0.3 is 0 Å². The zero-order chi connectivity index (χ0) is 27.6. The van der Waals surface area contributed by atoms with Crippen molar-refractivity contribution in [2.24, 2.45) is 0 Å². The summed E-state index contributed by atoms with van der Waals surface area (Å²) in [6, 6.07) is 58.1. The molecular formula is C42H26. The van der Waals surface area contributed by atoms with Gasteiger partial charge in [0.25, 0.3) is 0 Å². The fourth-order valence-electron chi connectivity index (χ4n) is 7.23. The van der Waals surface area contributed by atoms with E-state index in [1.165, 1.54) is 86.9 Å². The van der Waals surface area contributed by atoms with Crippen LogP contribution in [-0.4, -0.2) is 0 Å². The van der Waals surface area contributed by atoms with E-state index >= 15 is 0 Å². The minimum atomic E-state index is 1.25. The SMILES string of the molecule is c1ccc(-c2c3ccccc3c(-c3cc4ccc5ccccc5c4c4ccccc34)c3c2ccc2ccccc23)cc1. The Kier molecular flexibility index (Phi) is 5.00. The third-order valence-corrected chi connectivity index (χ3v) is 8.99. The predicted octanol–water partition coefficient (Wildman–Crippen LogP) is 11.9. The van der Waals surface area contributed by atoms with E-state index in [9.17, 15) is 0 Å². The van der Waals surface area contributed by atoms with Crippen molar-refractivity contribution < 1.29 is 0 Å². The minimum absolute atomic E-state index is 1.25. The van der Waals surface area contributed by atoms with Gasteiger partial charge in [-0.3, -0.25) is 0 Å². The maximum atomic E-state index is 2.44. The van der Waals surface area contributed by atoms with Gasteiger partial charge in [-0.05, 0) is 93.0 Å². The van der Waals surface area contributed by atoms with Gasteiger partial charge in [-0.1, -0.05) is 152 Å². The van der Waals surface area contributed by atoms with Crippen molar-refractivity contribution in [3.05, 3.63) is 158 Å². The molecule has 0 aliphatic carbocycles. The second kappa shape index (κ2) is 9.03. The van der Waals surface area contributed by atoms with Gasteiger partial charge in [0.05, 0.1) is 0 Å². The molecule has 9 rings (SSSR count). The van der Waals surface area contributed by atoms with Crippen LogP contribution in [0.4, 0.5) is 0 Å². The molecule has 0 atom stereocenters. The normalized spacial score (nSPS) is 11.8. The lowest BCUT2D eigenvalue weighted by atomic mass is 9.82. The van der Waals surface area contributed by atoms with Gasteiger partial charge in [-0.25, -0.2) is 0 Å². The van der Waals surface area contributed by atoms with Crippen LogP contribution in [0.2, 0.25) is 0 Å². The molecule has 42 heavy (non-hydrogen) atoms. The monoisotopic (exact) mass is 530 g/mol. The van der Waals surface area contributed by atoms with Gasteiger partial charge in [0.15, 0.2) is 0 Å². The van der Waals surface area contributed by atoms with Crippen LogP contribution >= 0.6 is 0 Å². The molecule has 194 valence electrons. The number of hydrogen-bond donors (Lipinski definition) is 0. The average Bonchev–Trinajstić information content (AvgIpc) is 3.07. The van der Waals surface area contributed by atoms with Gasteiger partial charge in [0.1, 0.15) is 0 Å². The summed E-state index contributed by atoms with van der Waals surface area (Å²) in [7, 11) is 0. The zero-order valence-corrected chi connectivity index (χ0v) is 23.0. The highest BCUT2D eigenvalue weighted by atomic mass is 14.2. The summed E-state index contributed by atoms with van der Waals surface area (Å²) in [6.07, 6.45) is 0. The summed E-state index contributed by atoms with van der Waals surface area (Å²) in [4.78, 5) is 0. The first kappa shape index (κ1) is 23.3. The topological polar surface area (TPSA) is 0 Å². The van der Waals surface area contributed by atoms with Crippen LogP contribution in [0, 0.1) is 0 Å². The van der Waals surface area contributed by atoms with Crippen LogP contribution in [0.25, 0.3) is 86.9 Å². The Bertz CT molecular complexity index is 2500. The smallest absolute Gasteiger partial charge is 0.00137 e. The van der Waals surface area contributed by atoms with E-state index in [4.69, 9.17) is 0 Å². The van der Waals surface area contributed by atoms with Gasteiger partial charge in [-0.2, -0.15) is 0 Å². The maximum absolute atomic E-state index is 2.44. The van der Waals surface area contributed by atoms with Crippen molar-refractivity contribution in [1.29, 1.82) is 0 Å². The van der Waals surface area contributed by atoms with E-state index in [1.807, 2.05) is 0 Å². The molecule has 9 aromatic rings. The Balaban J connectivity index is 1.55. The lowest BCUT2D eigenvalue weighted by Crippen LogP contribution is -1.93. The predicted molar refractivity (Wildman–Crippen MR) is 182 cm³/mol. The molecule has 0 unspecified atom stereocenters. The molecule has 0 bridgehead atoms. The Morgan fingerprint density at radius 1 is 0.262 bits per heavy atom. The van der Waals surface area contributed by atoms with Crippen LogP contribution in [0.3, 0.4) is 0 Å². The molecule has 0 aliphatic heterocycles. The third kappa shape index (κ3) is 3.30. The molecule has 0 amide bonds. The summed E-state index contributed by atoms with van der Waals surface area (Å²) < 4.78 is 0. The number of benzene rings is 9. The molecule has 0 aromatic heterocycles. The summed E-state index contributed by atoms with van der Waals surface area (Å²) in [5.41, 5.74) is 5.14. The molecule has 0 heteroatoms. The van der Waals surface area contributed by atoms with E-state index in [2.05, 4.69) is 158 Å². The molecule has 0 fully saturated rings. The summed E-state index contributed by atoms with van der Waals surface area (Å²) >= 11 is 0. The van der Waals surface area contributed by atoms with Gasteiger partial charge in [0, 0.05) is 0 Å². The highest BCUT2D eigenvalue weighted by Gasteiger charge is 2.21. The average molecular weight is 531 g/mol. The lowest BCUT2D eigenvalue weighted by molar-refractivity contribution is 1.67. The van der Waals surface area contributed by atoms with Crippen molar-refractivity contribution in [2.75, 3.05) is 0 Å². The molecule has 9 aromatic carbocycles. The minimum Gasteiger partial charge on any atom is -0.0622 e. The van der Waals surface area contributed by atoms with Crippen LogP contribution in [-0.2, 0) is 0 Å². The second-order valence-electron chi connectivity index (χ2n) is 11.2. The van der Waals surface area contributed by atoms with Gasteiger partial charge >= 0.3 is 0 Å². The van der Waals surface area contributed by atoms with Crippen LogP contribution < -0.4 is 0 Å². The maximum Gasteiger partial charge on any atom is -0.00137 e. The summed E-state index contributed by atoms with van der Waals surface area (Å²) in [6.45, 7) is 0. The van der Waals surface area contributed by atoms with E-state index in [0.717, 1.165) is 0 Å². The molecule has 0 nitrogen and oxygen atoms in total. The van der Waals surface area contributed by atoms with E-state index in [1.54, 1.807) is 0 Å². The van der Waals surface area contributed by atoms with Crippen LogP contribution in [0.15, 0.2) is 158 Å². The molecule has 0 saturated carbocycles. The van der Waals surface area contributed by atoms with E-state index in [-0.39, 0.29) is 0 Å². The van der Waals surface area contributed by atoms with Crippen molar-refractivity contribution in [1.82, 2.24) is 0 Å². The first-order valence-electron chi connectivity index (χ1n) is 14.6. The van der Waals surface area contributed by atoms with Crippen LogP contribution in [0.5, 0.6) is 0 Å². The standard InChI is InChI=1S/C42H26/c1-2-14-29(15-3-1)39-35-20-10-11-21-36(35)42(41-32-17-7-5-13-28(32)24-25-37(39)41)38-26-30-23-22-27-12-4-6-16-31(27)40(30)34-19-9-8-18-33(34)38/h1-26H. The summed E-state index contributed by atoms with van der Waals surface area (Å²) in [5, 5.41) is 15.5. The Hall–Kier alpha value is -5.46. The highest BCUT2D eigenvalue weighted by Crippen LogP contribution is 2.48. The van der Waals surface area contributed by atoms with Crippen molar-refractivity contribution in [2.45, 2.75) is 0 Å². The largest absolute Gasteiger partial charge is 0.0622 e. The van der Waals surface area contributed by atoms with Crippen molar-refractivity contribution >= 4 is 64.6 Å². The zero-order valence-electron chi connectivity index (χ0n) is 23.0. The molecule has 0 heterocycles. The second-order valence-corrected chi connectivity index (χ2v) is 11.2. The Labute approximate surface area is 244 Å². The van der Waals surface area contributed by atoms with E-state index < -0.39 is 0 Å². The molecule has 0 spiro atoms. The highest BCUT2D eigenvalue weighted by molar-refractivity contribution is 6.32. The molecule has 0 aliphatic rings. The quantitative estimate of drug-likeness (QED) is 0.154. The fourth-order valence-corrected chi connectivity index (χ4v) is 7.23.